The first-order chi connectivity index (χ1) is 10.0. The summed E-state index contributed by atoms with van der Waals surface area (Å²) < 4.78 is 6.65. The Balaban J connectivity index is 2.30. The maximum Gasteiger partial charge on any atom is 0.251 e. The predicted molar refractivity (Wildman–Crippen MR) is 87.8 cm³/mol. The molecule has 4 nitrogen and oxygen atoms in total. The van der Waals surface area contributed by atoms with Crippen molar-refractivity contribution >= 4 is 27.5 Å². The Morgan fingerprint density at radius 2 is 2.00 bits per heavy atom. The van der Waals surface area contributed by atoms with Crippen LogP contribution in [0.15, 0.2) is 40.9 Å². The molecule has 2 rings (SSSR count). The van der Waals surface area contributed by atoms with Crippen LogP contribution in [0.25, 0.3) is 0 Å². The summed E-state index contributed by atoms with van der Waals surface area (Å²) in [5, 5.41) is 2.75. The zero-order valence-corrected chi connectivity index (χ0v) is 13.5. The highest BCUT2D eigenvalue weighted by atomic mass is 79.9. The van der Waals surface area contributed by atoms with E-state index in [4.69, 9.17) is 10.5 Å². The van der Waals surface area contributed by atoms with Crippen LogP contribution < -0.4 is 15.8 Å². The summed E-state index contributed by atoms with van der Waals surface area (Å²) in [6.45, 7) is 4.44. The number of hydrogen-bond acceptors (Lipinski definition) is 3. The molecule has 3 N–H and O–H groups in total. The van der Waals surface area contributed by atoms with Gasteiger partial charge in [-0.2, -0.15) is 0 Å². The molecule has 0 unspecified atom stereocenters. The van der Waals surface area contributed by atoms with Gasteiger partial charge in [-0.1, -0.05) is 6.07 Å². The fraction of sp³-hybridized carbons (Fsp3) is 0.188. The third-order valence-electron chi connectivity index (χ3n) is 2.92. The summed E-state index contributed by atoms with van der Waals surface area (Å²) >= 11 is 3.46. The number of ether oxygens (including phenoxy) is 1. The fourth-order valence-electron chi connectivity index (χ4n) is 1.83. The average molecular weight is 349 g/mol. The summed E-state index contributed by atoms with van der Waals surface area (Å²) in [5.41, 5.74) is 8.04. The van der Waals surface area contributed by atoms with E-state index in [0.29, 0.717) is 29.3 Å². The molecule has 0 saturated heterocycles. The lowest BCUT2D eigenvalue weighted by atomic mass is 10.1. The van der Waals surface area contributed by atoms with Gasteiger partial charge in [-0.05, 0) is 65.7 Å². The van der Waals surface area contributed by atoms with Gasteiger partial charge < -0.3 is 15.8 Å². The molecule has 0 spiro atoms. The van der Waals surface area contributed by atoms with E-state index in [2.05, 4.69) is 21.2 Å². The number of amides is 1. The average Bonchev–Trinajstić information content (AvgIpc) is 2.44. The molecule has 2 aromatic rings. The highest BCUT2D eigenvalue weighted by molar-refractivity contribution is 9.10. The fourth-order valence-corrected chi connectivity index (χ4v) is 2.41. The van der Waals surface area contributed by atoms with Gasteiger partial charge in [-0.25, -0.2) is 0 Å². The minimum atomic E-state index is -0.148. The van der Waals surface area contributed by atoms with Crippen molar-refractivity contribution in [1.29, 1.82) is 0 Å². The highest BCUT2D eigenvalue weighted by Crippen LogP contribution is 2.33. The van der Waals surface area contributed by atoms with Crippen LogP contribution in [-0.2, 0) is 0 Å². The first-order valence-corrected chi connectivity index (χ1v) is 7.42. The van der Waals surface area contributed by atoms with Crippen LogP contribution >= 0.6 is 15.9 Å². The van der Waals surface area contributed by atoms with Crippen LogP contribution in [0.4, 0.5) is 5.69 Å². The Bertz CT molecular complexity index is 671. The molecular weight excluding hydrogens is 332 g/mol. The van der Waals surface area contributed by atoms with Gasteiger partial charge in [0.15, 0.2) is 5.75 Å². The Labute approximate surface area is 132 Å². The third kappa shape index (κ3) is 3.76. The summed E-state index contributed by atoms with van der Waals surface area (Å²) in [6.07, 6.45) is 0. The number of benzene rings is 2. The van der Waals surface area contributed by atoms with Crippen molar-refractivity contribution in [2.24, 2.45) is 0 Å². The maximum absolute atomic E-state index is 11.9. The topological polar surface area (TPSA) is 64.4 Å². The number of aryl methyl sites for hydroxylation is 1. The molecule has 0 fully saturated rings. The molecule has 1 amide bonds. The molecule has 0 atom stereocenters. The molecule has 110 valence electrons. The van der Waals surface area contributed by atoms with Gasteiger partial charge in [-0.3, -0.25) is 4.79 Å². The number of hydrogen-bond donors (Lipinski definition) is 2. The number of nitrogens with one attached hydrogen (secondary N) is 1. The zero-order chi connectivity index (χ0) is 15.4. The number of carbonyl (C=O) groups excluding carboxylic acids is 1. The molecule has 2 aromatic carbocycles. The van der Waals surface area contributed by atoms with E-state index in [9.17, 15) is 4.79 Å². The molecular formula is C16H17BrN2O2. The quantitative estimate of drug-likeness (QED) is 0.824. The highest BCUT2D eigenvalue weighted by Gasteiger charge is 2.10. The Hall–Kier alpha value is -2.01. The van der Waals surface area contributed by atoms with E-state index in [-0.39, 0.29) is 5.91 Å². The predicted octanol–water partition coefficient (Wildman–Crippen LogP) is 3.88. The summed E-state index contributed by atoms with van der Waals surface area (Å²) in [4.78, 5) is 11.9. The van der Waals surface area contributed by atoms with Crippen molar-refractivity contribution in [2.45, 2.75) is 13.8 Å². The van der Waals surface area contributed by atoms with Crippen LogP contribution in [0.3, 0.4) is 0 Å². The van der Waals surface area contributed by atoms with Crippen molar-refractivity contribution in [2.75, 3.05) is 12.3 Å². The SMILES string of the molecule is CCNC(=O)c1ccc(N)c(Oc2ccc(C)cc2Br)c1. The normalized spacial score (nSPS) is 10.2. The maximum atomic E-state index is 11.9. The van der Waals surface area contributed by atoms with Gasteiger partial charge in [0.05, 0.1) is 10.2 Å². The lowest BCUT2D eigenvalue weighted by Gasteiger charge is -2.12. The minimum Gasteiger partial charge on any atom is -0.454 e. The van der Waals surface area contributed by atoms with Crippen molar-refractivity contribution < 1.29 is 9.53 Å². The van der Waals surface area contributed by atoms with Gasteiger partial charge in [0.2, 0.25) is 0 Å². The monoisotopic (exact) mass is 348 g/mol. The van der Waals surface area contributed by atoms with E-state index >= 15 is 0 Å². The van der Waals surface area contributed by atoms with Crippen molar-refractivity contribution in [3.63, 3.8) is 0 Å². The van der Waals surface area contributed by atoms with Crippen molar-refractivity contribution in [3.8, 4) is 11.5 Å². The second-order valence-corrected chi connectivity index (χ2v) is 5.50. The van der Waals surface area contributed by atoms with Crippen LogP contribution in [-0.4, -0.2) is 12.5 Å². The zero-order valence-electron chi connectivity index (χ0n) is 11.9. The number of anilines is 1. The Morgan fingerprint density at radius 3 is 2.67 bits per heavy atom. The van der Waals surface area contributed by atoms with Gasteiger partial charge in [0.1, 0.15) is 5.75 Å². The summed E-state index contributed by atoms with van der Waals surface area (Å²) in [7, 11) is 0. The molecule has 0 bridgehead atoms. The molecule has 0 aliphatic carbocycles. The summed E-state index contributed by atoms with van der Waals surface area (Å²) in [6, 6.07) is 10.8. The van der Waals surface area contributed by atoms with Crippen LogP contribution in [0, 0.1) is 6.92 Å². The third-order valence-corrected chi connectivity index (χ3v) is 3.54. The van der Waals surface area contributed by atoms with Crippen LogP contribution in [0.5, 0.6) is 11.5 Å². The van der Waals surface area contributed by atoms with E-state index in [1.807, 2.05) is 32.0 Å². The largest absolute Gasteiger partial charge is 0.454 e. The Kier molecular flexibility index (Phi) is 4.85. The minimum absolute atomic E-state index is 0.148. The van der Waals surface area contributed by atoms with Crippen molar-refractivity contribution in [1.82, 2.24) is 5.32 Å². The standard InChI is InChI=1S/C16H17BrN2O2/c1-3-19-16(20)11-5-6-13(18)15(9-11)21-14-7-4-10(2)8-12(14)17/h4-9H,3,18H2,1-2H3,(H,19,20). The molecule has 21 heavy (non-hydrogen) atoms. The number of nitrogen functional groups attached to an aromatic ring is 1. The molecule has 0 aromatic heterocycles. The van der Waals surface area contributed by atoms with E-state index in [1.165, 1.54) is 0 Å². The molecule has 0 aliphatic rings. The molecule has 0 radical (unpaired) electrons. The van der Waals surface area contributed by atoms with E-state index in [0.717, 1.165) is 10.0 Å². The Morgan fingerprint density at radius 1 is 1.24 bits per heavy atom. The van der Waals surface area contributed by atoms with Gasteiger partial charge >= 0.3 is 0 Å². The number of carbonyl (C=O) groups is 1. The van der Waals surface area contributed by atoms with Crippen LogP contribution in [0.1, 0.15) is 22.8 Å². The lowest BCUT2D eigenvalue weighted by Crippen LogP contribution is -2.22. The lowest BCUT2D eigenvalue weighted by molar-refractivity contribution is 0.0955. The molecule has 0 heterocycles. The molecule has 0 aliphatic heterocycles. The van der Waals surface area contributed by atoms with Gasteiger partial charge in [0, 0.05) is 12.1 Å². The van der Waals surface area contributed by atoms with Gasteiger partial charge in [-0.15, -0.1) is 0 Å². The first-order valence-electron chi connectivity index (χ1n) is 6.63. The van der Waals surface area contributed by atoms with E-state index in [1.54, 1.807) is 18.2 Å². The van der Waals surface area contributed by atoms with Crippen LogP contribution in [0.2, 0.25) is 0 Å². The number of rotatable bonds is 4. The first kappa shape index (κ1) is 15.4. The van der Waals surface area contributed by atoms with E-state index < -0.39 is 0 Å². The van der Waals surface area contributed by atoms with Gasteiger partial charge in [0.25, 0.3) is 5.91 Å². The second-order valence-electron chi connectivity index (χ2n) is 4.65. The second kappa shape index (κ2) is 6.63. The smallest absolute Gasteiger partial charge is 0.251 e. The van der Waals surface area contributed by atoms with Crippen molar-refractivity contribution in [3.05, 3.63) is 52.0 Å². The molecule has 5 heteroatoms. The molecule has 0 saturated carbocycles. The number of nitrogens with two attached hydrogens (primary N) is 1. The number of halogens is 1. The summed E-state index contributed by atoms with van der Waals surface area (Å²) in [5.74, 6) is 0.967.